The van der Waals surface area contributed by atoms with E-state index < -0.39 is 5.41 Å². The van der Waals surface area contributed by atoms with Gasteiger partial charge in [-0.05, 0) is 38.8 Å². The van der Waals surface area contributed by atoms with E-state index in [9.17, 15) is 9.18 Å². The maximum atomic E-state index is 14.4. The molecule has 0 radical (unpaired) electrons. The molecule has 4 nitrogen and oxygen atoms in total. The average molecular weight is 342 g/mol. The van der Waals surface area contributed by atoms with Gasteiger partial charge in [0.15, 0.2) is 0 Å². The molecule has 132 valence electrons. The summed E-state index contributed by atoms with van der Waals surface area (Å²) in [6, 6.07) is 10.1. The van der Waals surface area contributed by atoms with Crippen molar-refractivity contribution in [2.75, 3.05) is 11.9 Å². The highest BCUT2D eigenvalue weighted by Gasteiger charge is 2.44. The fourth-order valence-electron chi connectivity index (χ4n) is 3.59. The Morgan fingerprint density at radius 1 is 1.24 bits per heavy atom. The summed E-state index contributed by atoms with van der Waals surface area (Å²) in [5.74, 6) is 0.0490. The van der Waals surface area contributed by atoms with Gasteiger partial charge >= 0.3 is 0 Å². The van der Waals surface area contributed by atoms with Crippen molar-refractivity contribution < 1.29 is 13.9 Å². The number of pyridine rings is 1. The van der Waals surface area contributed by atoms with Gasteiger partial charge < -0.3 is 10.1 Å². The minimum Gasteiger partial charge on any atom is -0.478 e. The second-order valence-corrected chi connectivity index (χ2v) is 6.44. The summed E-state index contributed by atoms with van der Waals surface area (Å²) < 4.78 is 19.8. The first-order chi connectivity index (χ1) is 12.1. The quantitative estimate of drug-likeness (QED) is 0.877. The molecule has 1 aromatic heterocycles. The van der Waals surface area contributed by atoms with Crippen LogP contribution in [0.5, 0.6) is 5.88 Å². The van der Waals surface area contributed by atoms with Gasteiger partial charge in [0.1, 0.15) is 5.82 Å². The van der Waals surface area contributed by atoms with Crippen molar-refractivity contribution in [1.29, 1.82) is 0 Å². The molecule has 3 rings (SSSR count). The van der Waals surface area contributed by atoms with Crippen LogP contribution in [0.15, 0.2) is 36.4 Å². The first-order valence-electron chi connectivity index (χ1n) is 8.74. The molecule has 1 fully saturated rings. The number of rotatable bonds is 5. The van der Waals surface area contributed by atoms with Gasteiger partial charge in [-0.3, -0.25) is 4.79 Å². The predicted molar refractivity (Wildman–Crippen MR) is 95.3 cm³/mol. The minimum atomic E-state index is -0.809. The lowest BCUT2D eigenvalue weighted by Crippen LogP contribution is -2.39. The minimum absolute atomic E-state index is 0.163. The van der Waals surface area contributed by atoms with Crippen molar-refractivity contribution in [3.05, 3.63) is 53.5 Å². The Morgan fingerprint density at radius 3 is 2.60 bits per heavy atom. The number of nitrogens with one attached hydrogen (secondary N) is 1. The van der Waals surface area contributed by atoms with Crippen LogP contribution in [0.1, 0.15) is 43.9 Å². The number of hydrogen-bond acceptors (Lipinski definition) is 3. The highest BCUT2D eigenvalue weighted by atomic mass is 19.1. The third-order valence-electron chi connectivity index (χ3n) is 4.88. The Bertz CT molecular complexity index is 770. The number of hydrogen-bond donors (Lipinski definition) is 1. The van der Waals surface area contributed by atoms with E-state index in [-0.39, 0.29) is 11.7 Å². The molecule has 5 heteroatoms. The number of aromatic nitrogens is 1. The molecule has 1 aromatic carbocycles. The monoisotopic (exact) mass is 342 g/mol. The number of carbonyl (C=O) groups excluding carboxylic acids is 1. The van der Waals surface area contributed by atoms with Gasteiger partial charge in [-0.1, -0.05) is 31.0 Å². The van der Waals surface area contributed by atoms with Crippen LogP contribution in [0.2, 0.25) is 0 Å². The van der Waals surface area contributed by atoms with E-state index >= 15 is 0 Å². The van der Waals surface area contributed by atoms with E-state index in [0.717, 1.165) is 12.8 Å². The van der Waals surface area contributed by atoms with E-state index in [0.29, 0.717) is 42.3 Å². The number of aryl methyl sites for hydroxylation is 1. The van der Waals surface area contributed by atoms with Crippen LogP contribution in [-0.4, -0.2) is 17.5 Å². The number of benzene rings is 1. The zero-order chi connectivity index (χ0) is 17.9. The normalized spacial score (nSPS) is 15.8. The molecule has 25 heavy (non-hydrogen) atoms. The fraction of sp³-hybridized carbons (Fsp3) is 0.400. The summed E-state index contributed by atoms with van der Waals surface area (Å²) in [7, 11) is 0. The second-order valence-electron chi connectivity index (χ2n) is 6.44. The molecule has 0 saturated heterocycles. The van der Waals surface area contributed by atoms with Crippen molar-refractivity contribution in [2.24, 2.45) is 0 Å². The summed E-state index contributed by atoms with van der Waals surface area (Å²) in [6.45, 7) is 4.25. The lowest BCUT2D eigenvalue weighted by Gasteiger charge is -2.29. The van der Waals surface area contributed by atoms with E-state index in [1.165, 1.54) is 6.07 Å². The van der Waals surface area contributed by atoms with Gasteiger partial charge in [-0.25, -0.2) is 9.37 Å². The Morgan fingerprint density at radius 2 is 1.96 bits per heavy atom. The molecule has 2 aromatic rings. The molecule has 1 amide bonds. The van der Waals surface area contributed by atoms with Gasteiger partial charge in [0.25, 0.3) is 0 Å². The van der Waals surface area contributed by atoms with Gasteiger partial charge in [0.05, 0.1) is 23.4 Å². The number of ether oxygens (including phenoxy) is 1. The van der Waals surface area contributed by atoms with Crippen LogP contribution >= 0.6 is 0 Å². The van der Waals surface area contributed by atoms with Crippen LogP contribution < -0.4 is 10.1 Å². The first-order valence-corrected chi connectivity index (χ1v) is 8.74. The third kappa shape index (κ3) is 3.36. The maximum absolute atomic E-state index is 14.4. The van der Waals surface area contributed by atoms with E-state index in [4.69, 9.17) is 4.74 Å². The van der Waals surface area contributed by atoms with Gasteiger partial charge in [0, 0.05) is 11.6 Å². The number of amides is 1. The predicted octanol–water partition coefficient (Wildman–Crippen LogP) is 4.38. The summed E-state index contributed by atoms with van der Waals surface area (Å²) in [5.41, 5.74) is 0.995. The zero-order valence-electron chi connectivity index (χ0n) is 14.6. The number of halogens is 1. The molecule has 0 unspecified atom stereocenters. The summed E-state index contributed by atoms with van der Waals surface area (Å²) in [4.78, 5) is 17.5. The van der Waals surface area contributed by atoms with Crippen molar-refractivity contribution in [1.82, 2.24) is 4.98 Å². The van der Waals surface area contributed by atoms with E-state index in [1.54, 1.807) is 30.3 Å². The molecule has 1 heterocycles. The van der Waals surface area contributed by atoms with Crippen molar-refractivity contribution >= 4 is 11.6 Å². The van der Waals surface area contributed by atoms with Crippen LogP contribution in [0.4, 0.5) is 10.1 Å². The number of nitrogens with zero attached hydrogens (tertiary/aromatic N) is 1. The molecule has 0 aliphatic heterocycles. The first kappa shape index (κ1) is 17.4. The highest BCUT2D eigenvalue weighted by molar-refractivity contribution is 5.99. The Hall–Kier alpha value is -2.43. The summed E-state index contributed by atoms with van der Waals surface area (Å²) >= 11 is 0. The SMILES string of the molecule is CCOc1ccc(NC(=O)C2(c3ccccc3F)CCCC2)c(C)n1. The van der Waals surface area contributed by atoms with Crippen LogP contribution in [0.3, 0.4) is 0 Å². The maximum Gasteiger partial charge on any atom is 0.235 e. The second kappa shape index (κ2) is 7.21. The van der Waals surface area contributed by atoms with Crippen molar-refractivity contribution in [2.45, 2.75) is 44.9 Å². The van der Waals surface area contributed by atoms with Gasteiger partial charge in [-0.15, -0.1) is 0 Å². The Labute approximate surface area is 147 Å². The molecule has 1 saturated carbocycles. The Balaban J connectivity index is 1.89. The largest absolute Gasteiger partial charge is 0.478 e. The smallest absolute Gasteiger partial charge is 0.235 e. The molecular weight excluding hydrogens is 319 g/mol. The summed E-state index contributed by atoms with van der Waals surface area (Å²) in [6.07, 6.45) is 3.15. The van der Waals surface area contributed by atoms with Gasteiger partial charge in [-0.2, -0.15) is 0 Å². The molecule has 1 aliphatic rings. The number of carbonyl (C=O) groups is 1. The fourth-order valence-corrected chi connectivity index (χ4v) is 3.59. The molecule has 1 N–H and O–H groups in total. The standard InChI is InChI=1S/C20H23FN2O2/c1-3-25-18-11-10-17(14(2)22-18)23-19(24)20(12-6-7-13-20)15-8-4-5-9-16(15)21/h4-5,8-11H,3,6-7,12-13H2,1-2H3,(H,23,24). The third-order valence-corrected chi connectivity index (χ3v) is 4.88. The lowest BCUT2D eigenvalue weighted by molar-refractivity contribution is -0.121. The van der Waals surface area contributed by atoms with Crippen LogP contribution in [-0.2, 0) is 10.2 Å². The lowest BCUT2D eigenvalue weighted by atomic mass is 9.77. The van der Waals surface area contributed by atoms with E-state index in [2.05, 4.69) is 10.3 Å². The van der Waals surface area contributed by atoms with Crippen LogP contribution in [0, 0.1) is 12.7 Å². The Kier molecular flexibility index (Phi) is 5.02. The topological polar surface area (TPSA) is 51.2 Å². The molecule has 0 spiro atoms. The summed E-state index contributed by atoms with van der Waals surface area (Å²) in [5, 5.41) is 2.96. The molecule has 1 aliphatic carbocycles. The molecule has 0 bridgehead atoms. The molecule has 0 atom stereocenters. The van der Waals surface area contributed by atoms with Crippen LogP contribution in [0.25, 0.3) is 0 Å². The zero-order valence-corrected chi connectivity index (χ0v) is 14.6. The average Bonchev–Trinajstić information content (AvgIpc) is 3.09. The van der Waals surface area contributed by atoms with Crippen molar-refractivity contribution in [3.8, 4) is 5.88 Å². The van der Waals surface area contributed by atoms with Gasteiger partial charge in [0.2, 0.25) is 11.8 Å². The van der Waals surface area contributed by atoms with E-state index in [1.807, 2.05) is 13.8 Å². The number of anilines is 1. The molecular formula is C20H23FN2O2. The highest BCUT2D eigenvalue weighted by Crippen LogP contribution is 2.43. The van der Waals surface area contributed by atoms with Crippen molar-refractivity contribution in [3.63, 3.8) is 0 Å².